The molecule has 0 fully saturated rings. The Morgan fingerprint density at radius 1 is 1.33 bits per heavy atom. The normalized spacial score (nSPS) is 14.2. The second kappa shape index (κ2) is 4.60. The lowest BCUT2D eigenvalue weighted by Crippen LogP contribution is -2.27. The van der Waals surface area contributed by atoms with Gasteiger partial charge in [0.2, 0.25) is 0 Å². The molecule has 0 saturated heterocycles. The Kier molecular flexibility index (Phi) is 3.70. The first-order valence-corrected chi connectivity index (χ1v) is 6.25. The summed E-state index contributed by atoms with van der Waals surface area (Å²) in [6.07, 6.45) is -4.68. The van der Waals surface area contributed by atoms with Crippen molar-refractivity contribution in [3.63, 3.8) is 0 Å². The lowest BCUT2D eigenvalue weighted by Gasteiger charge is -2.11. The van der Waals surface area contributed by atoms with Gasteiger partial charge in [-0.3, -0.25) is 4.79 Å². The molecule has 1 aromatic rings. The van der Waals surface area contributed by atoms with Crippen LogP contribution in [0, 0.1) is 0 Å². The van der Waals surface area contributed by atoms with Crippen LogP contribution in [-0.4, -0.2) is 24.7 Å². The van der Waals surface area contributed by atoms with Crippen LogP contribution < -0.4 is 0 Å². The monoisotopic (exact) mass is 282 g/mol. The quantitative estimate of drug-likeness (QED) is 0.919. The number of carboxylic acids is 1. The molecule has 0 aliphatic rings. The van der Waals surface area contributed by atoms with Crippen molar-refractivity contribution in [1.82, 2.24) is 0 Å². The maximum Gasteiger partial charge on any atom is 0.416 e. The molecule has 0 spiro atoms. The number of hydrogen-bond acceptors (Lipinski definition) is 3. The standard InChI is InChI=1S/C10H9F3O4S/c1-6(9(14)15)18(16,17)8-4-2-3-7(5-8)10(11,12)13/h2-6H,1H3,(H,14,15). The molecule has 0 bridgehead atoms. The van der Waals surface area contributed by atoms with E-state index in [4.69, 9.17) is 5.11 Å². The van der Waals surface area contributed by atoms with Crippen LogP contribution in [0.1, 0.15) is 12.5 Å². The smallest absolute Gasteiger partial charge is 0.416 e. The van der Waals surface area contributed by atoms with Crippen LogP contribution in [0.15, 0.2) is 29.2 Å². The molecule has 0 aromatic heterocycles. The van der Waals surface area contributed by atoms with E-state index in [1.54, 1.807) is 0 Å². The Hall–Kier alpha value is -1.57. The van der Waals surface area contributed by atoms with Gasteiger partial charge in [0.1, 0.15) is 0 Å². The number of hydrogen-bond donors (Lipinski definition) is 1. The predicted molar refractivity (Wildman–Crippen MR) is 55.7 cm³/mol. The molecule has 100 valence electrons. The third kappa shape index (κ3) is 2.81. The summed E-state index contributed by atoms with van der Waals surface area (Å²) in [6.45, 7) is 0.901. The lowest BCUT2D eigenvalue weighted by molar-refractivity contribution is -0.138. The summed E-state index contributed by atoms with van der Waals surface area (Å²) in [5.74, 6) is -1.62. The number of carbonyl (C=O) groups is 1. The predicted octanol–water partition coefficient (Wildman–Crippen LogP) is 1.95. The zero-order chi connectivity index (χ0) is 14.1. The number of sulfone groups is 1. The highest BCUT2D eigenvalue weighted by atomic mass is 32.2. The van der Waals surface area contributed by atoms with Crippen LogP contribution in [0.25, 0.3) is 0 Å². The molecule has 1 rings (SSSR count). The largest absolute Gasteiger partial charge is 0.480 e. The van der Waals surface area contributed by atoms with Gasteiger partial charge in [-0.25, -0.2) is 8.42 Å². The highest BCUT2D eigenvalue weighted by molar-refractivity contribution is 7.92. The molecular formula is C10H9F3O4S. The number of benzene rings is 1. The van der Waals surface area contributed by atoms with Crippen molar-refractivity contribution in [2.45, 2.75) is 23.2 Å². The molecule has 1 N–H and O–H groups in total. The third-order valence-corrected chi connectivity index (χ3v) is 4.35. The van der Waals surface area contributed by atoms with Gasteiger partial charge in [0.25, 0.3) is 0 Å². The van der Waals surface area contributed by atoms with Crippen LogP contribution in [0.2, 0.25) is 0 Å². The van der Waals surface area contributed by atoms with E-state index >= 15 is 0 Å². The topological polar surface area (TPSA) is 71.4 Å². The molecule has 1 aromatic carbocycles. The minimum Gasteiger partial charge on any atom is -0.480 e. The Bertz CT molecular complexity index is 563. The van der Waals surface area contributed by atoms with E-state index in [9.17, 15) is 26.4 Å². The Morgan fingerprint density at radius 3 is 2.33 bits per heavy atom. The van der Waals surface area contributed by atoms with Gasteiger partial charge in [0.05, 0.1) is 10.5 Å². The summed E-state index contributed by atoms with van der Waals surface area (Å²) in [7, 11) is -4.32. The van der Waals surface area contributed by atoms with Gasteiger partial charge in [0, 0.05) is 0 Å². The first kappa shape index (κ1) is 14.5. The van der Waals surface area contributed by atoms with Crippen molar-refractivity contribution in [2.75, 3.05) is 0 Å². The van der Waals surface area contributed by atoms with Gasteiger partial charge in [-0.1, -0.05) is 6.07 Å². The fourth-order valence-corrected chi connectivity index (χ4v) is 2.42. The first-order chi connectivity index (χ1) is 8.06. The van der Waals surface area contributed by atoms with Gasteiger partial charge in [-0.05, 0) is 25.1 Å². The van der Waals surface area contributed by atoms with E-state index in [2.05, 4.69) is 0 Å². The molecule has 4 nitrogen and oxygen atoms in total. The molecule has 1 unspecified atom stereocenters. The summed E-state index contributed by atoms with van der Waals surface area (Å²) in [4.78, 5) is 9.94. The van der Waals surface area contributed by atoms with Gasteiger partial charge in [-0.15, -0.1) is 0 Å². The van der Waals surface area contributed by atoms with Crippen LogP contribution in [0.3, 0.4) is 0 Å². The van der Waals surface area contributed by atoms with E-state index in [-0.39, 0.29) is 0 Å². The highest BCUT2D eigenvalue weighted by Crippen LogP contribution is 2.31. The number of carboxylic acid groups (broad SMARTS) is 1. The SMILES string of the molecule is CC(C(=O)O)S(=O)(=O)c1cccc(C(F)(F)F)c1. The van der Waals surface area contributed by atoms with Crippen LogP contribution in [0.5, 0.6) is 0 Å². The fraction of sp³-hybridized carbons (Fsp3) is 0.300. The summed E-state index contributed by atoms with van der Waals surface area (Å²) < 4.78 is 60.6. The van der Waals surface area contributed by atoms with Crippen molar-refractivity contribution >= 4 is 15.8 Å². The van der Waals surface area contributed by atoms with Gasteiger partial charge in [-0.2, -0.15) is 13.2 Å². The average molecular weight is 282 g/mol. The van der Waals surface area contributed by atoms with Crippen LogP contribution in [-0.2, 0) is 20.8 Å². The van der Waals surface area contributed by atoms with Gasteiger partial charge >= 0.3 is 12.1 Å². The van der Waals surface area contributed by atoms with E-state index in [0.29, 0.717) is 12.1 Å². The third-order valence-electron chi connectivity index (χ3n) is 2.30. The minimum atomic E-state index is -4.68. The van der Waals surface area contributed by atoms with E-state index < -0.39 is 37.7 Å². The van der Waals surface area contributed by atoms with Crippen molar-refractivity contribution in [3.05, 3.63) is 29.8 Å². The van der Waals surface area contributed by atoms with Crippen molar-refractivity contribution in [2.24, 2.45) is 0 Å². The maximum absolute atomic E-state index is 12.4. The summed E-state index contributed by atoms with van der Waals surface area (Å²) >= 11 is 0. The summed E-state index contributed by atoms with van der Waals surface area (Å²) in [5, 5.41) is 6.80. The second-order valence-electron chi connectivity index (χ2n) is 3.55. The molecule has 1 atom stereocenters. The molecule has 8 heteroatoms. The molecule has 0 heterocycles. The molecule has 0 amide bonds. The Labute approximate surface area is 101 Å². The molecule has 0 aliphatic heterocycles. The average Bonchev–Trinajstić information content (AvgIpc) is 2.27. The summed E-state index contributed by atoms with van der Waals surface area (Å²) in [5.41, 5.74) is -1.14. The first-order valence-electron chi connectivity index (χ1n) is 4.71. The van der Waals surface area contributed by atoms with Crippen LogP contribution in [0.4, 0.5) is 13.2 Å². The zero-order valence-electron chi connectivity index (χ0n) is 9.10. The molecule has 0 saturated carbocycles. The number of rotatable bonds is 3. The molecule has 0 radical (unpaired) electrons. The second-order valence-corrected chi connectivity index (χ2v) is 5.82. The Morgan fingerprint density at radius 2 is 1.89 bits per heavy atom. The van der Waals surface area contributed by atoms with E-state index in [0.717, 1.165) is 19.1 Å². The molecule has 18 heavy (non-hydrogen) atoms. The van der Waals surface area contributed by atoms with Gasteiger partial charge in [0.15, 0.2) is 15.1 Å². The number of halogens is 3. The zero-order valence-corrected chi connectivity index (χ0v) is 9.92. The van der Waals surface area contributed by atoms with Crippen molar-refractivity contribution in [3.8, 4) is 0 Å². The van der Waals surface area contributed by atoms with Crippen molar-refractivity contribution in [1.29, 1.82) is 0 Å². The number of aliphatic carboxylic acids is 1. The molecular weight excluding hydrogens is 273 g/mol. The molecule has 0 aliphatic carbocycles. The maximum atomic E-state index is 12.4. The van der Waals surface area contributed by atoms with Gasteiger partial charge < -0.3 is 5.11 Å². The van der Waals surface area contributed by atoms with Crippen molar-refractivity contribution < 1.29 is 31.5 Å². The number of alkyl halides is 3. The lowest BCUT2D eigenvalue weighted by atomic mass is 10.2. The van der Waals surface area contributed by atoms with Crippen LogP contribution >= 0.6 is 0 Å². The van der Waals surface area contributed by atoms with E-state index in [1.165, 1.54) is 0 Å². The Balaban J connectivity index is 3.31. The fourth-order valence-electron chi connectivity index (χ4n) is 1.19. The minimum absolute atomic E-state index is 0.425. The summed E-state index contributed by atoms with van der Waals surface area (Å²) in [6, 6.07) is 2.99. The highest BCUT2D eigenvalue weighted by Gasteiger charge is 2.34. The van der Waals surface area contributed by atoms with E-state index in [1.807, 2.05) is 0 Å².